The monoisotopic (exact) mass is 373 g/mol. The Bertz CT molecular complexity index is 716. The highest BCUT2D eigenvalue weighted by Gasteiger charge is 2.43. The van der Waals surface area contributed by atoms with Gasteiger partial charge in [-0.25, -0.2) is 13.4 Å². The summed E-state index contributed by atoms with van der Waals surface area (Å²) in [5, 5.41) is 2.95. The van der Waals surface area contributed by atoms with Gasteiger partial charge in [0.25, 0.3) is 0 Å². The third-order valence-corrected chi connectivity index (χ3v) is 7.74. The molecule has 1 aromatic heterocycles. The van der Waals surface area contributed by atoms with E-state index in [4.69, 9.17) is 4.74 Å². The molecule has 9 heteroatoms. The molecule has 0 saturated carbocycles. The average molecular weight is 374 g/mol. The van der Waals surface area contributed by atoms with Crippen molar-refractivity contribution < 1.29 is 17.9 Å². The molecule has 0 aromatic carbocycles. The fraction of sp³-hybridized carbons (Fsp3) is 0.733. The van der Waals surface area contributed by atoms with E-state index < -0.39 is 15.1 Å². The number of carbonyl (C=O) groups excluding carboxylic acids is 1. The van der Waals surface area contributed by atoms with Crippen molar-refractivity contribution >= 4 is 32.2 Å². The van der Waals surface area contributed by atoms with Crippen LogP contribution in [0, 0.1) is 6.92 Å². The summed E-state index contributed by atoms with van der Waals surface area (Å²) in [6.45, 7) is 5.39. The molecule has 24 heavy (non-hydrogen) atoms. The van der Waals surface area contributed by atoms with E-state index in [-0.39, 0.29) is 30.9 Å². The van der Waals surface area contributed by atoms with E-state index in [1.807, 2.05) is 18.7 Å². The number of ether oxygens (including phenoxy) is 1. The molecule has 1 aromatic rings. The summed E-state index contributed by atoms with van der Waals surface area (Å²) < 4.78 is 29.7. The molecule has 2 fully saturated rings. The van der Waals surface area contributed by atoms with Crippen LogP contribution in [0.5, 0.6) is 0 Å². The quantitative estimate of drug-likeness (QED) is 0.841. The van der Waals surface area contributed by atoms with E-state index in [0.717, 1.165) is 17.0 Å². The van der Waals surface area contributed by atoms with Crippen LogP contribution in [0.15, 0.2) is 0 Å². The molecule has 2 atom stereocenters. The number of sulfone groups is 1. The molecule has 7 nitrogen and oxygen atoms in total. The van der Waals surface area contributed by atoms with Crippen LogP contribution in [0.1, 0.15) is 23.9 Å². The minimum Gasteiger partial charge on any atom is -0.380 e. The number of hydrogen-bond donors (Lipinski definition) is 1. The Labute approximate surface area is 146 Å². The van der Waals surface area contributed by atoms with Gasteiger partial charge >= 0.3 is 0 Å². The van der Waals surface area contributed by atoms with Crippen LogP contribution in [0.2, 0.25) is 0 Å². The average Bonchev–Trinajstić information content (AvgIpc) is 2.90. The number of amides is 1. The van der Waals surface area contributed by atoms with Crippen molar-refractivity contribution in [1.82, 2.24) is 9.88 Å². The Morgan fingerprint density at radius 1 is 1.50 bits per heavy atom. The molecule has 0 spiro atoms. The van der Waals surface area contributed by atoms with Crippen molar-refractivity contribution in [2.45, 2.75) is 38.0 Å². The molecular weight excluding hydrogens is 350 g/mol. The summed E-state index contributed by atoms with van der Waals surface area (Å²) in [7, 11) is -3.13. The maximum absolute atomic E-state index is 12.4. The first-order chi connectivity index (χ1) is 11.4. The van der Waals surface area contributed by atoms with Crippen LogP contribution in [-0.4, -0.2) is 67.6 Å². The van der Waals surface area contributed by atoms with Crippen molar-refractivity contribution in [3.63, 3.8) is 0 Å². The maximum Gasteiger partial charge on any atom is 0.240 e. The number of anilines is 1. The van der Waals surface area contributed by atoms with Crippen LogP contribution in [-0.2, 0) is 25.8 Å². The maximum atomic E-state index is 12.4. The van der Waals surface area contributed by atoms with Gasteiger partial charge in [0.1, 0.15) is 5.25 Å². The van der Waals surface area contributed by atoms with Crippen LogP contribution in [0.25, 0.3) is 0 Å². The number of hydrogen-bond acceptors (Lipinski definition) is 7. The van der Waals surface area contributed by atoms with Crippen LogP contribution in [0.3, 0.4) is 0 Å². The third-order valence-electron chi connectivity index (χ3n) is 4.68. The van der Waals surface area contributed by atoms with Gasteiger partial charge in [0.05, 0.1) is 24.6 Å². The molecule has 0 aliphatic carbocycles. The fourth-order valence-corrected chi connectivity index (χ4v) is 6.17. The van der Waals surface area contributed by atoms with Gasteiger partial charge in [0, 0.05) is 24.1 Å². The topological polar surface area (TPSA) is 88.6 Å². The molecule has 3 rings (SSSR count). The van der Waals surface area contributed by atoms with Gasteiger partial charge in [-0.3, -0.25) is 9.69 Å². The van der Waals surface area contributed by atoms with E-state index in [2.05, 4.69) is 10.3 Å². The van der Waals surface area contributed by atoms with Gasteiger partial charge in [-0.15, -0.1) is 11.3 Å². The lowest BCUT2D eigenvalue weighted by Gasteiger charge is -2.42. The second kappa shape index (κ2) is 7.07. The summed E-state index contributed by atoms with van der Waals surface area (Å²) in [5.74, 6) is -0.0582. The van der Waals surface area contributed by atoms with Gasteiger partial charge in [-0.1, -0.05) is 6.92 Å². The Hall–Kier alpha value is -1.03. The normalized spacial score (nSPS) is 26.8. The molecule has 134 valence electrons. The van der Waals surface area contributed by atoms with Gasteiger partial charge in [0.15, 0.2) is 15.0 Å². The zero-order chi connectivity index (χ0) is 17.3. The molecule has 0 unspecified atom stereocenters. The van der Waals surface area contributed by atoms with Crippen molar-refractivity contribution in [3.05, 3.63) is 10.6 Å². The number of fused-ring (bicyclic) bond motifs is 1. The van der Waals surface area contributed by atoms with Gasteiger partial charge < -0.3 is 10.1 Å². The fourth-order valence-electron chi connectivity index (χ4n) is 3.37. The third kappa shape index (κ3) is 3.63. The Kier molecular flexibility index (Phi) is 5.24. The first-order valence-corrected chi connectivity index (χ1v) is 10.7. The van der Waals surface area contributed by atoms with Crippen molar-refractivity contribution in [2.24, 2.45) is 0 Å². The number of aryl methyl sites for hydroxylation is 2. The molecule has 3 heterocycles. The number of carbonyl (C=O) groups is 1. The zero-order valence-electron chi connectivity index (χ0n) is 13.9. The first-order valence-electron chi connectivity index (χ1n) is 8.20. The lowest BCUT2D eigenvalue weighted by atomic mass is 10.1. The van der Waals surface area contributed by atoms with Crippen molar-refractivity contribution in [3.8, 4) is 0 Å². The van der Waals surface area contributed by atoms with Gasteiger partial charge in [0.2, 0.25) is 5.91 Å². The largest absolute Gasteiger partial charge is 0.380 e. The summed E-state index contributed by atoms with van der Waals surface area (Å²) in [5.41, 5.74) is 1.00. The van der Waals surface area contributed by atoms with Crippen LogP contribution >= 0.6 is 11.3 Å². The summed E-state index contributed by atoms with van der Waals surface area (Å²) >= 11 is 1.47. The highest BCUT2D eigenvalue weighted by molar-refractivity contribution is 7.92. The molecule has 2 aliphatic rings. The number of nitrogens with zero attached hydrogens (tertiary/aromatic N) is 2. The van der Waals surface area contributed by atoms with E-state index in [0.29, 0.717) is 24.7 Å². The molecule has 1 amide bonds. The number of rotatable bonds is 4. The van der Waals surface area contributed by atoms with Gasteiger partial charge in [-0.05, 0) is 19.8 Å². The number of thiazole rings is 1. The molecule has 0 bridgehead atoms. The smallest absolute Gasteiger partial charge is 0.240 e. The summed E-state index contributed by atoms with van der Waals surface area (Å²) in [4.78, 5) is 19.9. The highest BCUT2D eigenvalue weighted by Crippen LogP contribution is 2.26. The first kappa shape index (κ1) is 17.8. The van der Waals surface area contributed by atoms with Crippen molar-refractivity contribution in [2.75, 3.05) is 37.4 Å². The lowest BCUT2D eigenvalue weighted by molar-refractivity contribution is -0.118. The lowest BCUT2D eigenvalue weighted by Crippen LogP contribution is -2.59. The molecule has 1 N–H and O–H groups in total. The minimum atomic E-state index is -3.13. The van der Waals surface area contributed by atoms with E-state index in [9.17, 15) is 13.2 Å². The molecule has 2 aliphatic heterocycles. The van der Waals surface area contributed by atoms with E-state index >= 15 is 0 Å². The zero-order valence-corrected chi connectivity index (χ0v) is 15.6. The van der Waals surface area contributed by atoms with Crippen LogP contribution in [0.4, 0.5) is 5.13 Å². The predicted molar refractivity (Wildman–Crippen MR) is 93.2 cm³/mol. The Morgan fingerprint density at radius 3 is 3.00 bits per heavy atom. The molecule has 2 saturated heterocycles. The van der Waals surface area contributed by atoms with E-state index in [1.165, 1.54) is 11.3 Å². The summed E-state index contributed by atoms with van der Waals surface area (Å²) in [6, 6.07) is -0.132. The SMILES string of the molecule is CCc1nc(NC(=O)CN2CCS(=O)(=O)[C@@H]3COCC[C@H]32)sc1C. The summed E-state index contributed by atoms with van der Waals surface area (Å²) in [6.07, 6.45) is 1.49. The second-order valence-corrected chi connectivity index (χ2v) is 9.77. The highest BCUT2D eigenvalue weighted by atomic mass is 32.2. The van der Waals surface area contributed by atoms with Gasteiger partial charge in [-0.2, -0.15) is 0 Å². The predicted octanol–water partition coefficient (Wildman–Crippen LogP) is 0.840. The van der Waals surface area contributed by atoms with E-state index in [1.54, 1.807) is 0 Å². The molecule has 0 radical (unpaired) electrons. The number of nitrogens with one attached hydrogen (secondary N) is 1. The minimum absolute atomic E-state index is 0.0845. The second-order valence-electron chi connectivity index (χ2n) is 6.23. The standard InChI is InChI=1S/C15H23N3O4S2/c1-3-11-10(2)23-15(16-11)17-14(19)8-18-5-7-24(20,21)13-9-22-6-4-12(13)18/h12-13H,3-9H2,1-2H3,(H,16,17,19)/t12-,13-/m1/s1. The Balaban J connectivity index is 1.65. The van der Waals surface area contributed by atoms with Crippen LogP contribution < -0.4 is 5.32 Å². The van der Waals surface area contributed by atoms with Crippen molar-refractivity contribution in [1.29, 1.82) is 0 Å². The molecular formula is C15H23N3O4S2. The number of aromatic nitrogens is 1. The Morgan fingerprint density at radius 2 is 2.29 bits per heavy atom.